The molecule has 1 rings (SSSR count). The first-order chi connectivity index (χ1) is 7.08. The van der Waals surface area contributed by atoms with E-state index in [1.54, 1.807) is 0 Å². The van der Waals surface area contributed by atoms with E-state index < -0.39 is 0 Å². The third kappa shape index (κ3) is 4.98. The molecular formula is C12H17BrN2. The lowest BCUT2D eigenvalue weighted by atomic mass is 10.1. The number of benzene rings is 1. The molecule has 2 nitrogen and oxygen atoms in total. The molecule has 0 spiro atoms. The summed E-state index contributed by atoms with van der Waals surface area (Å²) in [4.78, 5) is 4.33. The van der Waals surface area contributed by atoms with Gasteiger partial charge in [0.15, 0.2) is 0 Å². The molecule has 0 aliphatic rings. The van der Waals surface area contributed by atoms with Crippen LogP contribution in [0.4, 0.5) is 0 Å². The number of hydrogen-bond donors (Lipinski definition) is 1. The van der Waals surface area contributed by atoms with Gasteiger partial charge in [0.25, 0.3) is 0 Å². The maximum atomic E-state index is 5.84. The van der Waals surface area contributed by atoms with Gasteiger partial charge in [-0.3, -0.25) is 4.99 Å². The first-order valence-corrected chi connectivity index (χ1v) is 5.90. The van der Waals surface area contributed by atoms with Gasteiger partial charge in [0.2, 0.25) is 0 Å². The zero-order valence-electron chi connectivity index (χ0n) is 9.20. The maximum absolute atomic E-state index is 5.84. The van der Waals surface area contributed by atoms with Crippen LogP contribution in [0.3, 0.4) is 0 Å². The Morgan fingerprint density at radius 1 is 1.47 bits per heavy atom. The van der Waals surface area contributed by atoms with Crippen LogP contribution in [0, 0.1) is 5.92 Å². The van der Waals surface area contributed by atoms with E-state index in [0.29, 0.717) is 11.8 Å². The van der Waals surface area contributed by atoms with E-state index in [0.717, 1.165) is 17.4 Å². The zero-order valence-corrected chi connectivity index (χ0v) is 10.8. The molecule has 15 heavy (non-hydrogen) atoms. The Bertz CT molecular complexity index is 345. The monoisotopic (exact) mass is 268 g/mol. The third-order valence-corrected chi connectivity index (χ3v) is 2.43. The van der Waals surface area contributed by atoms with Gasteiger partial charge in [-0.05, 0) is 23.6 Å². The second kappa shape index (κ2) is 5.91. The largest absolute Gasteiger partial charge is 0.387 e. The van der Waals surface area contributed by atoms with E-state index in [-0.39, 0.29) is 0 Å². The molecule has 0 atom stereocenters. The average molecular weight is 269 g/mol. The Kier molecular flexibility index (Phi) is 4.82. The third-order valence-electron chi connectivity index (χ3n) is 1.93. The Labute approximate surface area is 99.7 Å². The molecule has 82 valence electrons. The molecule has 0 saturated carbocycles. The molecule has 0 aromatic heterocycles. The Hall–Kier alpha value is -0.830. The molecule has 0 heterocycles. The summed E-state index contributed by atoms with van der Waals surface area (Å²) >= 11 is 3.43. The molecule has 0 amide bonds. The lowest BCUT2D eigenvalue weighted by Gasteiger charge is -2.03. The van der Waals surface area contributed by atoms with Crippen molar-refractivity contribution in [2.75, 3.05) is 6.54 Å². The summed E-state index contributed by atoms with van der Waals surface area (Å²) < 4.78 is 1.08. The van der Waals surface area contributed by atoms with Gasteiger partial charge >= 0.3 is 0 Å². The van der Waals surface area contributed by atoms with Gasteiger partial charge in [0.05, 0.1) is 5.84 Å². The van der Waals surface area contributed by atoms with Crippen molar-refractivity contribution in [2.24, 2.45) is 16.6 Å². The molecule has 0 aliphatic carbocycles. The van der Waals surface area contributed by atoms with E-state index in [9.17, 15) is 0 Å². The summed E-state index contributed by atoms with van der Waals surface area (Å²) in [7, 11) is 0. The minimum atomic E-state index is 0.561. The number of halogens is 1. The first kappa shape index (κ1) is 12.2. The summed E-state index contributed by atoms with van der Waals surface area (Å²) in [6.45, 7) is 5.08. The van der Waals surface area contributed by atoms with E-state index in [4.69, 9.17) is 5.73 Å². The topological polar surface area (TPSA) is 38.4 Å². The van der Waals surface area contributed by atoms with Gasteiger partial charge in [0.1, 0.15) is 0 Å². The van der Waals surface area contributed by atoms with Crippen LogP contribution < -0.4 is 5.73 Å². The van der Waals surface area contributed by atoms with Crippen molar-refractivity contribution in [2.45, 2.75) is 20.3 Å². The predicted octanol–water partition coefficient (Wildman–Crippen LogP) is 3.00. The smallest absolute Gasteiger partial charge is 0.0981 e. The van der Waals surface area contributed by atoms with Crippen LogP contribution >= 0.6 is 15.9 Å². The summed E-state index contributed by atoms with van der Waals surface area (Å²) in [5.41, 5.74) is 7.03. The van der Waals surface area contributed by atoms with Crippen LogP contribution in [0.1, 0.15) is 19.4 Å². The van der Waals surface area contributed by atoms with Gasteiger partial charge in [-0.25, -0.2) is 0 Å². The maximum Gasteiger partial charge on any atom is 0.0981 e. The van der Waals surface area contributed by atoms with E-state index in [2.05, 4.69) is 46.9 Å². The number of rotatable bonds is 4. The molecular weight excluding hydrogens is 252 g/mol. The number of amidine groups is 1. The fourth-order valence-corrected chi connectivity index (χ4v) is 1.66. The molecule has 1 aromatic carbocycles. The first-order valence-electron chi connectivity index (χ1n) is 5.11. The van der Waals surface area contributed by atoms with E-state index in [1.807, 2.05) is 12.1 Å². The average Bonchev–Trinajstić information content (AvgIpc) is 2.15. The minimum absolute atomic E-state index is 0.561. The molecule has 0 unspecified atom stereocenters. The van der Waals surface area contributed by atoms with Gasteiger partial charge in [-0.15, -0.1) is 0 Å². The summed E-state index contributed by atoms with van der Waals surface area (Å²) in [6, 6.07) is 8.14. The highest BCUT2D eigenvalue weighted by molar-refractivity contribution is 9.10. The number of nitrogens with zero attached hydrogens (tertiary/aromatic N) is 1. The molecule has 1 aromatic rings. The Morgan fingerprint density at radius 3 is 2.80 bits per heavy atom. The van der Waals surface area contributed by atoms with Crippen LogP contribution in [-0.2, 0) is 6.42 Å². The molecule has 0 radical (unpaired) electrons. The quantitative estimate of drug-likeness (QED) is 0.662. The van der Waals surface area contributed by atoms with Crippen molar-refractivity contribution in [3.8, 4) is 0 Å². The second-order valence-corrected chi connectivity index (χ2v) is 4.95. The highest BCUT2D eigenvalue weighted by Crippen LogP contribution is 2.11. The molecule has 3 heteroatoms. The highest BCUT2D eigenvalue weighted by atomic mass is 79.9. The van der Waals surface area contributed by atoms with Crippen molar-refractivity contribution in [1.82, 2.24) is 0 Å². The van der Waals surface area contributed by atoms with Crippen molar-refractivity contribution in [3.05, 3.63) is 34.3 Å². The molecule has 2 N–H and O–H groups in total. The fourth-order valence-electron chi connectivity index (χ4n) is 1.21. The van der Waals surface area contributed by atoms with Gasteiger partial charge in [-0.1, -0.05) is 41.9 Å². The Morgan fingerprint density at radius 2 is 2.20 bits per heavy atom. The molecule has 0 aliphatic heterocycles. The predicted molar refractivity (Wildman–Crippen MR) is 69.2 cm³/mol. The van der Waals surface area contributed by atoms with Crippen LogP contribution in [0.2, 0.25) is 0 Å². The zero-order chi connectivity index (χ0) is 11.3. The van der Waals surface area contributed by atoms with Crippen LogP contribution in [-0.4, -0.2) is 12.4 Å². The van der Waals surface area contributed by atoms with E-state index >= 15 is 0 Å². The van der Waals surface area contributed by atoms with Crippen molar-refractivity contribution in [1.29, 1.82) is 0 Å². The molecule has 0 fully saturated rings. The standard InChI is InChI=1S/C12H17BrN2/c1-9(2)8-15-12(14)7-10-4-3-5-11(13)6-10/h3-6,9H,7-8H2,1-2H3,(H2,14,15). The minimum Gasteiger partial charge on any atom is -0.387 e. The van der Waals surface area contributed by atoms with Crippen LogP contribution in [0.15, 0.2) is 33.7 Å². The number of hydrogen-bond acceptors (Lipinski definition) is 1. The van der Waals surface area contributed by atoms with Crippen molar-refractivity contribution < 1.29 is 0 Å². The fraction of sp³-hybridized carbons (Fsp3) is 0.417. The summed E-state index contributed by atoms with van der Waals surface area (Å²) in [5, 5.41) is 0. The summed E-state index contributed by atoms with van der Waals surface area (Å²) in [6.07, 6.45) is 0.728. The van der Waals surface area contributed by atoms with Crippen LogP contribution in [0.25, 0.3) is 0 Å². The van der Waals surface area contributed by atoms with Crippen LogP contribution in [0.5, 0.6) is 0 Å². The SMILES string of the molecule is CC(C)CN=C(N)Cc1cccc(Br)c1. The Balaban J connectivity index is 2.58. The van der Waals surface area contributed by atoms with Crippen molar-refractivity contribution in [3.63, 3.8) is 0 Å². The van der Waals surface area contributed by atoms with Gasteiger partial charge in [0, 0.05) is 17.4 Å². The van der Waals surface area contributed by atoms with Gasteiger partial charge < -0.3 is 5.73 Å². The molecule has 0 saturated heterocycles. The highest BCUT2D eigenvalue weighted by Gasteiger charge is 1.98. The van der Waals surface area contributed by atoms with Gasteiger partial charge in [-0.2, -0.15) is 0 Å². The van der Waals surface area contributed by atoms with Crippen molar-refractivity contribution >= 4 is 21.8 Å². The lowest BCUT2D eigenvalue weighted by molar-refractivity contribution is 0.664. The molecule has 0 bridgehead atoms. The number of aliphatic imine (C=N–C) groups is 1. The summed E-state index contributed by atoms with van der Waals surface area (Å²) in [5.74, 6) is 1.27. The normalized spacial score (nSPS) is 12.1. The number of nitrogens with two attached hydrogens (primary N) is 1. The lowest BCUT2D eigenvalue weighted by Crippen LogP contribution is -2.16. The second-order valence-electron chi connectivity index (χ2n) is 4.03. The van der Waals surface area contributed by atoms with E-state index in [1.165, 1.54) is 5.56 Å².